The fourth-order valence-electron chi connectivity index (χ4n) is 4.29. The second kappa shape index (κ2) is 7.13. The highest BCUT2D eigenvalue weighted by Crippen LogP contribution is 2.42. The number of fused-ring (bicyclic) bond motifs is 2. The average Bonchev–Trinajstić information content (AvgIpc) is 3.06. The lowest BCUT2D eigenvalue weighted by Crippen LogP contribution is -2.47. The van der Waals surface area contributed by atoms with Crippen LogP contribution in [0, 0.1) is 11.8 Å². The van der Waals surface area contributed by atoms with E-state index in [0.29, 0.717) is 27.9 Å². The third-order valence-electron chi connectivity index (χ3n) is 5.43. The molecule has 3 atom stereocenters. The Morgan fingerprint density at radius 1 is 1.19 bits per heavy atom. The summed E-state index contributed by atoms with van der Waals surface area (Å²) in [6.07, 6.45) is 2.38. The monoisotopic (exact) mass is 411 g/mol. The van der Waals surface area contributed by atoms with Crippen LogP contribution in [0.1, 0.15) is 18.4 Å². The molecule has 0 radical (unpaired) electrons. The molecule has 1 saturated heterocycles. The van der Waals surface area contributed by atoms with Gasteiger partial charge in [0.25, 0.3) is 0 Å². The van der Waals surface area contributed by atoms with Crippen molar-refractivity contribution in [1.29, 1.82) is 0 Å². The summed E-state index contributed by atoms with van der Waals surface area (Å²) in [5, 5.41) is 8.74. The highest BCUT2D eigenvalue weighted by Gasteiger charge is 2.42. The first-order chi connectivity index (χ1) is 12.4. The molecule has 2 aliphatic rings. The molecule has 5 nitrogen and oxygen atoms in total. The van der Waals surface area contributed by atoms with E-state index in [1.807, 2.05) is 6.07 Å². The van der Waals surface area contributed by atoms with E-state index >= 15 is 0 Å². The van der Waals surface area contributed by atoms with Crippen LogP contribution in [0.4, 0.5) is 5.69 Å². The highest BCUT2D eigenvalue weighted by molar-refractivity contribution is 7.91. The fourth-order valence-corrected chi connectivity index (χ4v) is 6.37. The first kappa shape index (κ1) is 18.3. The van der Waals surface area contributed by atoms with Gasteiger partial charge in [-0.05, 0) is 36.3 Å². The van der Waals surface area contributed by atoms with Crippen LogP contribution in [0.25, 0.3) is 0 Å². The van der Waals surface area contributed by atoms with Crippen molar-refractivity contribution in [2.45, 2.75) is 29.6 Å². The number of rotatable bonds is 5. The van der Waals surface area contributed by atoms with Gasteiger partial charge in [0.2, 0.25) is 10.0 Å². The molecular weight excluding hydrogens is 390 g/mol. The van der Waals surface area contributed by atoms with Crippen molar-refractivity contribution in [3.05, 3.63) is 46.3 Å². The van der Waals surface area contributed by atoms with Crippen LogP contribution >= 0.6 is 22.9 Å². The minimum atomic E-state index is -3.71. The number of hydrogen-bond donors (Lipinski definition) is 2. The number of benzene rings is 1. The molecule has 0 amide bonds. The Labute approximate surface area is 163 Å². The number of hydrogen-bond acceptors (Lipinski definition) is 5. The van der Waals surface area contributed by atoms with Gasteiger partial charge in [-0.1, -0.05) is 41.9 Å². The summed E-state index contributed by atoms with van der Waals surface area (Å²) < 4.78 is 23.7. The second-order valence-electron chi connectivity index (χ2n) is 7.25. The summed E-state index contributed by atoms with van der Waals surface area (Å²) in [6.45, 7) is 3.08. The third-order valence-corrected chi connectivity index (χ3v) is 8.20. The largest absolute Gasteiger partial charge is 0.380 e. The smallest absolute Gasteiger partial charge is 0.247 e. The quantitative estimate of drug-likeness (QED) is 0.790. The summed E-state index contributed by atoms with van der Waals surface area (Å²) in [4.78, 5) is 2.53. The number of thiophene rings is 1. The molecule has 2 heterocycles. The van der Waals surface area contributed by atoms with Crippen molar-refractivity contribution < 1.29 is 8.42 Å². The number of nitrogens with two attached hydrogens (primary N) is 1. The maximum Gasteiger partial charge on any atom is 0.247 e. The third kappa shape index (κ3) is 3.77. The second-order valence-corrected chi connectivity index (χ2v) is 10.7. The molecule has 2 bridgehead atoms. The summed E-state index contributed by atoms with van der Waals surface area (Å²) in [5.74, 6) is 1.10. The van der Waals surface area contributed by atoms with E-state index in [-0.39, 0.29) is 4.21 Å². The van der Waals surface area contributed by atoms with Gasteiger partial charge in [0.1, 0.15) is 8.55 Å². The van der Waals surface area contributed by atoms with E-state index in [1.165, 1.54) is 18.4 Å². The number of anilines is 1. The average molecular weight is 412 g/mol. The Kier molecular flexibility index (Phi) is 5.00. The van der Waals surface area contributed by atoms with Crippen LogP contribution in [0.3, 0.4) is 0 Å². The van der Waals surface area contributed by atoms with Gasteiger partial charge in [-0.2, -0.15) is 0 Å². The van der Waals surface area contributed by atoms with Gasteiger partial charge in [0.05, 0.1) is 5.69 Å². The molecule has 3 N–H and O–H groups in total. The van der Waals surface area contributed by atoms with Gasteiger partial charge >= 0.3 is 0 Å². The highest BCUT2D eigenvalue weighted by atomic mass is 35.5. The van der Waals surface area contributed by atoms with Gasteiger partial charge in [0.15, 0.2) is 0 Å². The van der Waals surface area contributed by atoms with Crippen LogP contribution in [-0.4, -0.2) is 32.4 Å². The van der Waals surface area contributed by atoms with E-state index < -0.39 is 10.0 Å². The molecule has 1 aliphatic carbocycles. The SMILES string of the molecule is NS(=O)(=O)c1cc(NC2[C@@H]3CC[C@H]2CN(Cc2ccccc2)C3)c(Cl)s1. The van der Waals surface area contributed by atoms with E-state index in [2.05, 4.69) is 34.5 Å². The van der Waals surface area contributed by atoms with Crippen LogP contribution in [0.15, 0.2) is 40.6 Å². The molecule has 8 heteroatoms. The Morgan fingerprint density at radius 3 is 2.42 bits per heavy atom. The lowest BCUT2D eigenvalue weighted by Gasteiger charge is -2.38. The molecule has 140 valence electrons. The van der Waals surface area contributed by atoms with Gasteiger partial charge in [-0.15, -0.1) is 11.3 Å². The first-order valence-corrected chi connectivity index (χ1v) is 11.5. The van der Waals surface area contributed by atoms with Crippen LogP contribution in [0.5, 0.6) is 0 Å². The minimum absolute atomic E-state index is 0.110. The summed E-state index contributed by atoms with van der Waals surface area (Å²) in [6, 6.07) is 12.5. The van der Waals surface area contributed by atoms with Gasteiger partial charge in [-0.3, -0.25) is 4.90 Å². The molecular formula is C18H22ClN3O2S2. The molecule has 26 heavy (non-hydrogen) atoms. The molecule has 1 aromatic carbocycles. The maximum atomic E-state index is 11.5. The molecule has 0 spiro atoms. The lowest BCUT2D eigenvalue weighted by atomic mass is 9.91. The van der Waals surface area contributed by atoms with Crippen molar-refractivity contribution in [1.82, 2.24) is 4.90 Å². The summed E-state index contributed by atoms with van der Waals surface area (Å²) in [7, 11) is -3.71. The minimum Gasteiger partial charge on any atom is -0.380 e. The summed E-state index contributed by atoms with van der Waals surface area (Å²) in [5.41, 5.74) is 2.04. The summed E-state index contributed by atoms with van der Waals surface area (Å²) >= 11 is 7.26. The van der Waals surface area contributed by atoms with E-state index in [0.717, 1.165) is 31.0 Å². The number of nitrogens with zero attached hydrogens (tertiary/aromatic N) is 1. The predicted molar refractivity (Wildman–Crippen MR) is 106 cm³/mol. The topological polar surface area (TPSA) is 75.4 Å². The van der Waals surface area contributed by atoms with Crippen molar-refractivity contribution in [3.63, 3.8) is 0 Å². The van der Waals surface area contributed by atoms with E-state index in [1.54, 1.807) is 6.07 Å². The van der Waals surface area contributed by atoms with Gasteiger partial charge in [0, 0.05) is 25.7 Å². The Morgan fingerprint density at radius 2 is 1.85 bits per heavy atom. The number of nitrogens with one attached hydrogen (secondary N) is 1. The molecule has 4 rings (SSSR count). The van der Waals surface area contributed by atoms with Crippen molar-refractivity contribution >= 4 is 38.6 Å². The van der Waals surface area contributed by atoms with Crippen molar-refractivity contribution in [3.8, 4) is 0 Å². The van der Waals surface area contributed by atoms with Crippen LogP contribution in [0.2, 0.25) is 4.34 Å². The van der Waals surface area contributed by atoms with Crippen LogP contribution < -0.4 is 10.5 Å². The number of halogens is 1. The van der Waals surface area contributed by atoms with E-state index in [9.17, 15) is 8.42 Å². The maximum absolute atomic E-state index is 11.5. The molecule has 2 fully saturated rings. The zero-order valence-electron chi connectivity index (χ0n) is 14.3. The molecule has 1 aliphatic heterocycles. The Balaban J connectivity index is 1.45. The normalized spacial score (nSPS) is 26.2. The first-order valence-electron chi connectivity index (χ1n) is 8.75. The number of likely N-dealkylation sites (tertiary alicyclic amines) is 1. The predicted octanol–water partition coefficient (Wildman–Crippen LogP) is 3.37. The molecule has 1 saturated carbocycles. The molecule has 1 unspecified atom stereocenters. The lowest BCUT2D eigenvalue weighted by molar-refractivity contribution is 0.148. The zero-order chi connectivity index (χ0) is 18.3. The fraction of sp³-hybridized carbons (Fsp3) is 0.444. The standard InChI is InChI=1S/C18H22ClN3O2S2/c19-18-15(8-16(25-18)26(20,23)24)21-17-13-6-7-14(17)11-22(10-13)9-12-4-2-1-3-5-12/h1-5,8,13-14,17,21H,6-7,9-11H2,(H2,20,23,24)/t13-,14+,17?. The van der Waals surface area contributed by atoms with Crippen molar-refractivity contribution in [2.75, 3.05) is 18.4 Å². The Bertz CT molecular complexity index is 871. The van der Waals surface area contributed by atoms with Gasteiger partial charge in [-0.25, -0.2) is 13.6 Å². The number of piperidine rings is 1. The molecule has 1 aromatic heterocycles. The van der Waals surface area contributed by atoms with Crippen molar-refractivity contribution in [2.24, 2.45) is 17.0 Å². The number of sulfonamides is 1. The number of primary sulfonamides is 1. The van der Waals surface area contributed by atoms with Gasteiger partial charge < -0.3 is 5.32 Å². The van der Waals surface area contributed by atoms with Crippen LogP contribution in [-0.2, 0) is 16.6 Å². The van der Waals surface area contributed by atoms with E-state index in [4.69, 9.17) is 16.7 Å². The Hall–Kier alpha value is -1.12. The zero-order valence-corrected chi connectivity index (χ0v) is 16.7. The molecule has 2 aromatic rings.